The van der Waals surface area contributed by atoms with Crippen LogP contribution in [0.2, 0.25) is 0 Å². The minimum Gasteiger partial charge on any atom is -0.478 e. The van der Waals surface area contributed by atoms with Crippen LogP contribution in [0.25, 0.3) is 0 Å². The number of carbonyl (C=O) groups is 1. The van der Waals surface area contributed by atoms with Gasteiger partial charge < -0.3 is 9.84 Å². The van der Waals surface area contributed by atoms with E-state index >= 15 is 0 Å². The van der Waals surface area contributed by atoms with Crippen molar-refractivity contribution in [2.45, 2.75) is 6.92 Å². The molecule has 1 heterocycles. The van der Waals surface area contributed by atoms with E-state index in [9.17, 15) is 4.79 Å². The van der Waals surface area contributed by atoms with Gasteiger partial charge in [0.2, 0.25) is 5.69 Å². The van der Waals surface area contributed by atoms with E-state index in [0.29, 0.717) is 11.3 Å². The average molecular weight is 255 g/mol. The standard InChI is InChI=1S/C13H9N3O3/c1-8-6-9(13(17)18)2-3-11(8)19-12-10(7-14)15-4-5-16-12/h2-6H,1H3,(H,17,18). The Labute approximate surface area is 108 Å². The normalized spacial score (nSPS) is 9.68. The highest BCUT2D eigenvalue weighted by molar-refractivity contribution is 5.88. The van der Waals surface area contributed by atoms with Crippen LogP contribution >= 0.6 is 0 Å². The zero-order valence-electron chi connectivity index (χ0n) is 9.99. The van der Waals surface area contributed by atoms with E-state index in [4.69, 9.17) is 15.1 Å². The highest BCUT2D eigenvalue weighted by Crippen LogP contribution is 2.25. The number of aromatic carboxylic acids is 1. The molecule has 0 saturated heterocycles. The van der Waals surface area contributed by atoms with Crippen LogP contribution in [0.1, 0.15) is 21.6 Å². The van der Waals surface area contributed by atoms with Crippen molar-refractivity contribution in [1.29, 1.82) is 5.26 Å². The van der Waals surface area contributed by atoms with Crippen molar-refractivity contribution in [3.8, 4) is 17.7 Å². The topological polar surface area (TPSA) is 96.1 Å². The molecule has 1 N–H and O–H groups in total. The maximum absolute atomic E-state index is 10.8. The Balaban J connectivity index is 2.34. The Morgan fingerprint density at radius 1 is 1.37 bits per heavy atom. The number of hydrogen-bond donors (Lipinski definition) is 1. The molecule has 0 bridgehead atoms. The molecule has 1 aromatic heterocycles. The Kier molecular flexibility index (Phi) is 3.39. The highest BCUT2D eigenvalue weighted by Gasteiger charge is 2.10. The molecule has 2 aromatic rings. The lowest BCUT2D eigenvalue weighted by Crippen LogP contribution is -1.99. The molecule has 0 aliphatic heterocycles. The lowest BCUT2D eigenvalue weighted by atomic mass is 10.1. The van der Waals surface area contributed by atoms with Gasteiger partial charge in [-0.15, -0.1) is 0 Å². The monoisotopic (exact) mass is 255 g/mol. The van der Waals surface area contributed by atoms with E-state index in [0.717, 1.165) is 0 Å². The van der Waals surface area contributed by atoms with Gasteiger partial charge in [-0.2, -0.15) is 5.26 Å². The first-order chi connectivity index (χ1) is 9.11. The molecule has 2 rings (SSSR count). The van der Waals surface area contributed by atoms with E-state index in [-0.39, 0.29) is 17.1 Å². The predicted octanol–water partition coefficient (Wildman–Crippen LogP) is 2.15. The van der Waals surface area contributed by atoms with Crippen molar-refractivity contribution in [3.63, 3.8) is 0 Å². The Hall–Kier alpha value is -2.94. The maximum atomic E-state index is 10.8. The number of nitrogens with zero attached hydrogens (tertiary/aromatic N) is 3. The third-order valence-corrected chi connectivity index (χ3v) is 2.40. The second kappa shape index (κ2) is 5.14. The third kappa shape index (κ3) is 2.66. The molecule has 94 valence electrons. The second-order valence-electron chi connectivity index (χ2n) is 3.71. The van der Waals surface area contributed by atoms with E-state index in [2.05, 4.69) is 9.97 Å². The van der Waals surface area contributed by atoms with Crippen LogP contribution in [0.5, 0.6) is 11.6 Å². The highest BCUT2D eigenvalue weighted by atomic mass is 16.5. The number of carboxylic acids is 1. The van der Waals surface area contributed by atoms with Gasteiger partial charge in [-0.05, 0) is 30.7 Å². The fraction of sp³-hybridized carbons (Fsp3) is 0.0769. The van der Waals surface area contributed by atoms with E-state index in [1.165, 1.54) is 30.6 Å². The SMILES string of the molecule is Cc1cc(C(=O)O)ccc1Oc1nccnc1C#N. The largest absolute Gasteiger partial charge is 0.478 e. The molecule has 0 aliphatic rings. The fourth-order valence-corrected chi connectivity index (χ4v) is 1.48. The van der Waals surface area contributed by atoms with Crippen molar-refractivity contribution < 1.29 is 14.6 Å². The minimum atomic E-state index is -1.01. The van der Waals surface area contributed by atoms with Gasteiger partial charge in [-0.25, -0.2) is 14.8 Å². The van der Waals surface area contributed by atoms with Gasteiger partial charge in [0.15, 0.2) is 0 Å². The molecular formula is C13H9N3O3. The fourth-order valence-electron chi connectivity index (χ4n) is 1.48. The molecule has 6 nitrogen and oxygen atoms in total. The summed E-state index contributed by atoms with van der Waals surface area (Å²) in [5, 5.41) is 17.7. The first kappa shape index (κ1) is 12.5. The Morgan fingerprint density at radius 3 is 2.74 bits per heavy atom. The van der Waals surface area contributed by atoms with Gasteiger partial charge in [0.05, 0.1) is 5.56 Å². The quantitative estimate of drug-likeness (QED) is 0.902. The maximum Gasteiger partial charge on any atom is 0.335 e. The van der Waals surface area contributed by atoms with Crippen LogP contribution in [0.3, 0.4) is 0 Å². The summed E-state index contributed by atoms with van der Waals surface area (Å²) in [6.07, 6.45) is 2.81. The van der Waals surface area contributed by atoms with Crippen LogP contribution in [0, 0.1) is 18.3 Å². The van der Waals surface area contributed by atoms with E-state index < -0.39 is 5.97 Å². The van der Waals surface area contributed by atoms with Gasteiger partial charge >= 0.3 is 5.97 Å². The molecule has 0 spiro atoms. The summed E-state index contributed by atoms with van der Waals surface area (Å²) in [5.74, 6) is -0.481. The van der Waals surface area contributed by atoms with Gasteiger partial charge in [0, 0.05) is 12.4 Å². The summed E-state index contributed by atoms with van der Waals surface area (Å²) in [5.41, 5.74) is 0.878. The zero-order chi connectivity index (χ0) is 13.8. The molecule has 0 atom stereocenters. The second-order valence-corrected chi connectivity index (χ2v) is 3.71. The number of carboxylic acid groups (broad SMARTS) is 1. The predicted molar refractivity (Wildman–Crippen MR) is 65.0 cm³/mol. The van der Waals surface area contributed by atoms with Crippen molar-refractivity contribution in [3.05, 3.63) is 47.4 Å². The van der Waals surface area contributed by atoms with Crippen LogP contribution < -0.4 is 4.74 Å². The van der Waals surface area contributed by atoms with Crippen LogP contribution in [-0.2, 0) is 0 Å². The Bertz CT molecular complexity index is 677. The van der Waals surface area contributed by atoms with Crippen molar-refractivity contribution in [2.75, 3.05) is 0 Å². The molecule has 0 fully saturated rings. The van der Waals surface area contributed by atoms with Gasteiger partial charge in [-0.1, -0.05) is 0 Å². The minimum absolute atomic E-state index is 0.0733. The molecule has 0 unspecified atom stereocenters. The lowest BCUT2D eigenvalue weighted by Gasteiger charge is -2.08. The van der Waals surface area contributed by atoms with Gasteiger partial charge in [-0.3, -0.25) is 0 Å². The number of aryl methyl sites for hydroxylation is 1. The van der Waals surface area contributed by atoms with Crippen LogP contribution in [0.15, 0.2) is 30.6 Å². The molecular weight excluding hydrogens is 246 g/mol. The Morgan fingerprint density at radius 2 is 2.11 bits per heavy atom. The molecule has 0 amide bonds. The zero-order valence-corrected chi connectivity index (χ0v) is 9.99. The first-order valence-corrected chi connectivity index (χ1v) is 5.34. The molecule has 1 aromatic carbocycles. The smallest absolute Gasteiger partial charge is 0.335 e. The lowest BCUT2D eigenvalue weighted by molar-refractivity contribution is 0.0697. The van der Waals surface area contributed by atoms with Crippen molar-refractivity contribution >= 4 is 5.97 Å². The van der Waals surface area contributed by atoms with E-state index in [1.807, 2.05) is 6.07 Å². The number of rotatable bonds is 3. The van der Waals surface area contributed by atoms with E-state index in [1.54, 1.807) is 6.92 Å². The summed E-state index contributed by atoms with van der Waals surface area (Å²) in [7, 11) is 0. The summed E-state index contributed by atoms with van der Waals surface area (Å²) >= 11 is 0. The molecule has 6 heteroatoms. The van der Waals surface area contributed by atoms with Gasteiger partial charge in [0.25, 0.3) is 5.88 Å². The summed E-state index contributed by atoms with van der Waals surface area (Å²) in [6.45, 7) is 1.71. The molecule has 19 heavy (non-hydrogen) atoms. The number of benzene rings is 1. The summed E-state index contributed by atoms with van der Waals surface area (Å²) < 4.78 is 5.48. The van der Waals surface area contributed by atoms with Crippen molar-refractivity contribution in [2.24, 2.45) is 0 Å². The summed E-state index contributed by atoms with van der Waals surface area (Å²) in [6, 6.07) is 6.30. The van der Waals surface area contributed by atoms with Crippen LogP contribution in [-0.4, -0.2) is 21.0 Å². The number of nitriles is 1. The van der Waals surface area contributed by atoms with Crippen LogP contribution in [0.4, 0.5) is 0 Å². The number of hydrogen-bond acceptors (Lipinski definition) is 5. The third-order valence-electron chi connectivity index (χ3n) is 2.40. The summed E-state index contributed by atoms with van der Waals surface area (Å²) in [4.78, 5) is 18.6. The number of ether oxygens (including phenoxy) is 1. The first-order valence-electron chi connectivity index (χ1n) is 5.34. The molecule has 0 radical (unpaired) electrons. The molecule has 0 saturated carbocycles. The number of aromatic nitrogens is 2. The van der Waals surface area contributed by atoms with Crippen molar-refractivity contribution in [1.82, 2.24) is 9.97 Å². The average Bonchev–Trinajstić information content (AvgIpc) is 2.41. The van der Waals surface area contributed by atoms with Gasteiger partial charge in [0.1, 0.15) is 11.8 Å². The molecule has 0 aliphatic carbocycles.